The molecule has 2 aromatic rings. The van der Waals surface area contributed by atoms with Gasteiger partial charge in [-0.2, -0.15) is 10.5 Å². The van der Waals surface area contributed by atoms with Gasteiger partial charge in [-0.25, -0.2) is 0 Å². The Bertz CT molecular complexity index is 1060. The van der Waals surface area contributed by atoms with Crippen LogP contribution in [0.4, 0.5) is 5.69 Å². The lowest BCUT2D eigenvalue weighted by molar-refractivity contribution is 0.855. The number of para-hydroxylation sites is 1. The molecule has 1 atom stereocenters. The molecular weight excluding hydrogens is 352 g/mol. The fourth-order valence-corrected chi connectivity index (χ4v) is 4.76. The lowest BCUT2D eigenvalue weighted by Crippen LogP contribution is -2.32. The molecule has 132 valence electrons. The molecule has 2 aromatic carbocycles. The molecule has 2 N–H and O–H groups in total. The molecule has 0 aromatic heterocycles. The first-order valence-corrected chi connectivity index (χ1v) is 9.59. The summed E-state index contributed by atoms with van der Waals surface area (Å²) < 4.78 is 0. The number of nitrogens with two attached hydrogens (primary N) is 1. The van der Waals surface area contributed by atoms with Gasteiger partial charge in [-0.3, -0.25) is 4.90 Å². The summed E-state index contributed by atoms with van der Waals surface area (Å²) in [6.45, 7) is 4.28. The Balaban J connectivity index is 1.90. The number of thioether (sulfide) groups is 1. The summed E-state index contributed by atoms with van der Waals surface area (Å²) in [5, 5.41) is 20.6. The Morgan fingerprint density at radius 2 is 1.67 bits per heavy atom. The SMILES string of the molecule is CC(C)c1ccc([C@H]2C(C#N)=C(N)N3C(=C2C#N)Sc2ccccc23)cc1. The highest BCUT2D eigenvalue weighted by molar-refractivity contribution is 8.03. The summed E-state index contributed by atoms with van der Waals surface area (Å²) in [6.07, 6.45) is 0. The van der Waals surface area contributed by atoms with Crippen LogP contribution in [0.1, 0.15) is 36.8 Å². The van der Waals surface area contributed by atoms with E-state index in [4.69, 9.17) is 5.73 Å². The maximum atomic E-state index is 9.97. The monoisotopic (exact) mass is 370 g/mol. The first-order chi connectivity index (χ1) is 13.1. The quantitative estimate of drug-likeness (QED) is 0.809. The van der Waals surface area contributed by atoms with Gasteiger partial charge in [0.25, 0.3) is 0 Å². The van der Waals surface area contributed by atoms with E-state index in [2.05, 4.69) is 38.1 Å². The van der Waals surface area contributed by atoms with Crippen molar-refractivity contribution in [2.45, 2.75) is 30.6 Å². The Labute approximate surface area is 163 Å². The van der Waals surface area contributed by atoms with Gasteiger partial charge in [0, 0.05) is 4.90 Å². The zero-order valence-corrected chi connectivity index (χ0v) is 15.9. The average molecular weight is 370 g/mol. The number of rotatable bonds is 2. The minimum atomic E-state index is -0.436. The highest BCUT2D eigenvalue weighted by Crippen LogP contribution is 2.54. The fourth-order valence-electron chi connectivity index (χ4n) is 3.58. The predicted octanol–water partition coefficient (Wildman–Crippen LogP) is 4.95. The van der Waals surface area contributed by atoms with E-state index < -0.39 is 5.92 Å². The fraction of sp³-hybridized carbons (Fsp3) is 0.182. The van der Waals surface area contributed by atoms with E-state index in [1.165, 1.54) is 17.3 Å². The molecule has 0 radical (unpaired) electrons. The zero-order chi connectivity index (χ0) is 19.1. The second kappa shape index (κ2) is 6.54. The van der Waals surface area contributed by atoms with Crippen LogP contribution in [0.3, 0.4) is 0 Å². The summed E-state index contributed by atoms with van der Waals surface area (Å²) in [5.74, 6) is 0.391. The van der Waals surface area contributed by atoms with Gasteiger partial charge >= 0.3 is 0 Å². The van der Waals surface area contributed by atoms with Crippen LogP contribution in [0.2, 0.25) is 0 Å². The van der Waals surface area contributed by atoms with Crippen molar-refractivity contribution in [2.75, 3.05) is 4.90 Å². The Kier molecular flexibility index (Phi) is 4.18. The van der Waals surface area contributed by atoms with E-state index >= 15 is 0 Å². The second-order valence-corrected chi connectivity index (χ2v) is 7.93. The van der Waals surface area contributed by atoms with E-state index in [0.29, 0.717) is 22.9 Å². The predicted molar refractivity (Wildman–Crippen MR) is 108 cm³/mol. The van der Waals surface area contributed by atoms with Crippen molar-refractivity contribution in [3.8, 4) is 12.1 Å². The first-order valence-electron chi connectivity index (χ1n) is 8.77. The van der Waals surface area contributed by atoms with Crippen LogP contribution in [-0.4, -0.2) is 0 Å². The van der Waals surface area contributed by atoms with E-state index in [-0.39, 0.29) is 0 Å². The summed E-state index contributed by atoms with van der Waals surface area (Å²) in [6, 6.07) is 20.6. The highest BCUT2D eigenvalue weighted by atomic mass is 32.2. The van der Waals surface area contributed by atoms with Crippen LogP contribution in [0, 0.1) is 22.7 Å². The molecule has 27 heavy (non-hydrogen) atoms. The number of fused-ring (bicyclic) bond motifs is 3. The minimum Gasteiger partial charge on any atom is -0.384 e. The maximum absolute atomic E-state index is 9.97. The first kappa shape index (κ1) is 17.3. The van der Waals surface area contributed by atoms with Gasteiger partial charge in [-0.05, 0) is 29.2 Å². The lowest BCUT2D eigenvalue weighted by Gasteiger charge is -2.31. The number of benzene rings is 2. The molecule has 2 aliphatic heterocycles. The molecule has 2 aliphatic rings. The molecule has 0 bridgehead atoms. The topological polar surface area (TPSA) is 76.8 Å². The van der Waals surface area contributed by atoms with E-state index in [1.54, 1.807) is 0 Å². The summed E-state index contributed by atoms with van der Waals surface area (Å²) in [7, 11) is 0. The highest BCUT2D eigenvalue weighted by Gasteiger charge is 2.40. The molecule has 0 spiro atoms. The summed E-state index contributed by atoms with van der Waals surface area (Å²) in [4.78, 5) is 2.88. The molecule has 4 nitrogen and oxygen atoms in total. The average Bonchev–Trinajstić information content (AvgIpc) is 3.07. The third-order valence-corrected chi connectivity index (χ3v) is 6.18. The van der Waals surface area contributed by atoms with Gasteiger partial charge in [0.1, 0.15) is 10.9 Å². The van der Waals surface area contributed by atoms with Gasteiger partial charge in [0.2, 0.25) is 0 Å². The zero-order valence-electron chi connectivity index (χ0n) is 15.1. The Hall–Kier alpha value is -3.15. The van der Waals surface area contributed by atoms with Crippen molar-refractivity contribution in [3.05, 3.63) is 81.7 Å². The van der Waals surface area contributed by atoms with Crippen LogP contribution in [-0.2, 0) is 0 Å². The molecule has 4 rings (SSSR count). The standard InChI is InChI=1S/C22H18N4S/c1-13(2)14-7-9-15(10-8-14)20-16(11-23)21(25)26-18-5-3-4-6-19(18)27-22(26)17(20)12-24/h3-10,13,20H,25H2,1-2H3/t20-/m0/s1. The van der Waals surface area contributed by atoms with Crippen LogP contribution in [0.15, 0.2) is 75.4 Å². The normalized spacial score (nSPS) is 18.3. The number of anilines is 1. The van der Waals surface area contributed by atoms with Crippen LogP contribution in [0.5, 0.6) is 0 Å². The third kappa shape index (κ3) is 2.60. The van der Waals surface area contributed by atoms with Gasteiger partial charge in [0.05, 0.1) is 34.9 Å². The molecular formula is C22H18N4S. The number of hydrogen-bond donors (Lipinski definition) is 1. The van der Waals surface area contributed by atoms with Crippen LogP contribution in [0.25, 0.3) is 0 Å². The molecule has 5 heteroatoms. The third-order valence-electron chi connectivity index (χ3n) is 5.02. The second-order valence-electron chi connectivity index (χ2n) is 6.90. The smallest absolute Gasteiger partial charge is 0.123 e. The van der Waals surface area contributed by atoms with Crippen LogP contribution < -0.4 is 10.6 Å². The molecule has 0 amide bonds. The van der Waals surface area contributed by atoms with Crippen molar-refractivity contribution >= 4 is 17.4 Å². The molecule has 0 aliphatic carbocycles. The Morgan fingerprint density at radius 3 is 2.30 bits per heavy atom. The molecule has 0 saturated carbocycles. The van der Waals surface area contributed by atoms with Gasteiger partial charge < -0.3 is 5.73 Å². The number of allylic oxidation sites excluding steroid dienone is 2. The largest absolute Gasteiger partial charge is 0.384 e. The van der Waals surface area contributed by atoms with Gasteiger partial charge in [0.15, 0.2) is 0 Å². The van der Waals surface area contributed by atoms with Gasteiger partial charge in [-0.1, -0.05) is 62.0 Å². The van der Waals surface area contributed by atoms with Crippen molar-refractivity contribution in [1.29, 1.82) is 10.5 Å². The molecule has 0 unspecified atom stereocenters. The van der Waals surface area contributed by atoms with Crippen molar-refractivity contribution in [2.24, 2.45) is 5.73 Å². The van der Waals surface area contributed by atoms with Crippen molar-refractivity contribution < 1.29 is 0 Å². The number of hydrogen-bond acceptors (Lipinski definition) is 5. The molecule has 0 fully saturated rings. The Morgan fingerprint density at radius 1 is 1.00 bits per heavy atom. The van der Waals surface area contributed by atoms with Gasteiger partial charge in [-0.15, -0.1) is 0 Å². The summed E-state index contributed by atoms with van der Waals surface area (Å²) >= 11 is 1.53. The molecule has 0 saturated heterocycles. The van der Waals surface area contributed by atoms with E-state index in [0.717, 1.165) is 21.2 Å². The van der Waals surface area contributed by atoms with Crippen molar-refractivity contribution in [3.63, 3.8) is 0 Å². The summed E-state index contributed by atoms with van der Waals surface area (Å²) in [5.41, 5.74) is 10.5. The van der Waals surface area contributed by atoms with E-state index in [1.807, 2.05) is 41.3 Å². The van der Waals surface area contributed by atoms with Crippen LogP contribution >= 0.6 is 11.8 Å². The molecule has 2 heterocycles. The number of nitriles is 2. The van der Waals surface area contributed by atoms with E-state index in [9.17, 15) is 10.5 Å². The lowest BCUT2D eigenvalue weighted by atomic mass is 9.83. The number of nitrogens with zero attached hydrogens (tertiary/aromatic N) is 3. The maximum Gasteiger partial charge on any atom is 0.123 e. The van der Waals surface area contributed by atoms with Crippen molar-refractivity contribution in [1.82, 2.24) is 0 Å². The minimum absolute atomic E-state index is 0.405.